The molecule has 0 aliphatic heterocycles. The van der Waals surface area contributed by atoms with Gasteiger partial charge in [-0.1, -0.05) is 11.8 Å². The number of thioether (sulfide) groups is 1. The fraction of sp³-hybridized carbons (Fsp3) is 0.727. The molecule has 1 aliphatic carbocycles. The standard InChI is InChI=1S/C11H18N4O3S/c1-15-9(17)13-14-10(15)19-7-4-3-5-11(12,6-7)8(16)18-2/h7H,3-6,12H2,1-2H3,(H,13,17). The second-order valence-corrected chi connectivity index (χ2v) is 6.12. The number of rotatable bonds is 3. The van der Waals surface area contributed by atoms with E-state index in [2.05, 4.69) is 10.2 Å². The Morgan fingerprint density at radius 1 is 1.68 bits per heavy atom. The molecule has 2 rings (SSSR count). The monoisotopic (exact) mass is 286 g/mol. The number of ether oxygens (including phenoxy) is 1. The van der Waals surface area contributed by atoms with Gasteiger partial charge >= 0.3 is 11.7 Å². The van der Waals surface area contributed by atoms with E-state index in [0.29, 0.717) is 18.0 Å². The lowest BCUT2D eigenvalue weighted by atomic mass is 9.82. The lowest BCUT2D eigenvalue weighted by Gasteiger charge is -2.34. The molecule has 1 fully saturated rings. The van der Waals surface area contributed by atoms with Crippen LogP contribution in [0.4, 0.5) is 0 Å². The predicted molar refractivity (Wildman–Crippen MR) is 70.9 cm³/mol. The molecule has 1 heterocycles. The summed E-state index contributed by atoms with van der Waals surface area (Å²) < 4.78 is 6.22. The highest BCUT2D eigenvalue weighted by atomic mass is 32.2. The van der Waals surface area contributed by atoms with E-state index >= 15 is 0 Å². The highest BCUT2D eigenvalue weighted by Gasteiger charge is 2.40. The largest absolute Gasteiger partial charge is 0.468 e. The molecule has 0 radical (unpaired) electrons. The molecule has 19 heavy (non-hydrogen) atoms. The molecule has 2 unspecified atom stereocenters. The Balaban J connectivity index is 2.08. The number of aromatic amines is 1. The van der Waals surface area contributed by atoms with Crippen LogP contribution in [0.15, 0.2) is 9.95 Å². The van der Waals surface area contributed by atoms with Crippen LogP contribution >= 0.6 is 11.8 Å². The van der Waals surface area contributed by atoms with Crippen LogP contribution in [0.5, 0.6) is 0 Å². The Kier molecular flexibility index (Phi) is 4.00. The Morgan fingerprint density at radius 3 is 3.00 bits per heavy atom. The number of aromatic nitrogens is 3. The van der Waals surface area contributed by atoms with E-state index < -0.39 is 5.54 Å². The van der Waals surface area contributed by atoms with Crippen LogP contribution in [0.3, 0.4) is 0 Å². The summed E-state index contributed by atoms with van der Waals surface area (Å²) in [5.41, 5.74) is 4.95. The van der Waals surface area contributed by atoms with Crippen LogP contribution in [0, 0.1) is 0 Å². The number of nitrogens with one attached hydrogen (secondary N) is 1. The molecule has 1 aromatic rings. The molecule has 0 bridgehead atoms. The summed E-state index contributed by atoms with van der Waals surface area (Å²) in [6, 6.07) is 0. The molecule has 0 amide bonds. The van der Waals surface area contributed by atoms with Gasteiger partial charge in [-0.15, -0.1) is 5.10 Å². The van der Waals surface area contributed by atoms with E-state index in [4.69, 9.17) is 10.5 Å². The van der Waals surface area contributed by atoms with Gasteiger partial charge in [0, 0.05) is 12.3 Å². The maximum Gasteiger partial charge on any atom is 0.343 e. The molecule has 1 saturated carbocycles. The molecule has 106 valence electrons. The van der Waals surface area contributed by atoms with Crippen molar-refractivity contribution in [2.45, 2.75) is 41.6 Å². The zero-order valence-corrected chi connectivity index (χ0v) is 11.8. The lowest BCUT2D eigenvalue weighted by Crippen LogP contribution is -2.52. The molecule has 1 aromatic heterocycles. The second-order valence-electron chi connectivity index (χ2n) is 4.85. The molecule has 7 nitrogen and oxygen atoms in total. The van der Waals surface area contributed by atoms with Crippen LogP contribution in [-0.4, -0.2) is 38.6 Å². The van der Waals surface area contributed by atoms with Crippen LogP contribution in [0.2, 0.25) is 0 Å². The fourth-order valence-corrected chi connectivity index (χ4v) is 3.63. The average molecular weight is 286 g/mol. The second kappa shape index (κ2) is 5.38. The Hall–Kier alpha value is -1.28. The van der Waals surface area contributed by atoms with E-state index in [1.807, 2.05) is 0 Å². The van der Waals surface area contributed by atoms with Crippen LogP contribution in [0.1, 0.15) is 25.7 Å². The first-order valence-corrected chi connectivity index (χ1v) is 6.99. The maximum atomic E-state index is 11.7. The lowest BCUT2D eigenvalue weighted by molar-refractivity contribution is -0.148. The van der Waals surface area contributed by atoms with Gasteiger partial charge in [-0.2, -0.15) is 0 Å². The molecule has 1 aliphatic rings. The number of carbonyl (C=O) groups excluding carboxylic acids is 1. The van der Waals surface area contributed by atoms with Crippen LogP contribution < -0.4 is 11.4 Å². The van der Waals surface area contributed by atoms with Crippen molar-refractivity contribution in [2.75, 3.05) is 7.11 Å². The smallest absolute Gasteiger partial charge is 0.343 e. The van der Waals surface area contributed by atoms with Crippen molar-refractivity contribution in [1.82, 2.24) is 14.8 Å². The topological polar surface area (TPSA) is 103 Å². The SMILES string of the molecule is COC(=O)C1(N)CCCC(Sc2n[nH]c(=O)n2C)C1. The van der Waals surface area contributed by atoms with Crippen molar-refractivity contribution in [3.8, 4) is 0 Å². The highest BCUT2D eigenvalue weighted by molar-refractivity contribution is 7.99. The van der Waals surface area contributed by atoms with Crippen molar-refractivity contribution in [3.05, 3.63) is 10.5 Å². The quantitative estimate of drug-likeness (QED) is 0.759. The summed E-state index contributed by atoms with van der Waals surface area (Å²) in [6.45, 7) is 0. The number of hydrogen-bond acceptors (Lipinski definition) is 6. The molecule has 3 N–H and O–H groups in total. The number of hydrogen-bond donors (Lipinski definition) is 2. The molecular formula is C11H18N4O3S. The Bertz CT molecular complexity index is 526. The molecule has 2 atom stereocenters. The highest BCUT2D eigenvalue weighted by Crippen LogP contribution is 2.36. The van der Waals surface area contributed by atoms with E-state index in [0.717, 1.165) is 12.8 Å². The minimum absolute atomic E-state index is 0.159. The van der Waals surface area contributed by atoms with Gasteiger partial charge in [-0.3, -0.25) is 9.36 Å². The first kappa shape index (κ1) is 14.1. The van der Waals surface area contributed by atoms with Crippen LogP contribution in [-0.2, 0) is 16.6 Å². The van der Waals surface area contributed by atoms with Gasteiger partial charge in [0.2, 0.25) is 0 Å². The predicted octanol–water partition coefficient (Wildman–Crippen LogP) is 0.0136. The molecule has 0 saturated heterocycles. The van der Waals surface area contributed by atoms with Gasteiger partial charge < -0.3 is 10.5 Å². The van der Waals surface area contributed by atoms with Gasteiger partial charge in [-0.05, 0) is 25.7 Å². The molecular weight excluding hydrogens is 268 g/mol. The van der Waals surface area contributed by atoms with Gasteiger partial charge in [0.1, 0.15) is 5.54 Å². The zero-order chi connectivity index (χ0) is 14.0. The molecule has 0 spiro atoms. The van der Waals surface area contributed by atoms with Gasteiger partial charge in [0.25, 0.3) is 0 Å². The first-order valence-electron chi connectivity index (χ1n) is 6.11. The minimum Gasteiger partial charge on any atom is -0.468 e. The van der Waals surface area contributed by atoms with Gasteiger partial charge in [-0.25, -0.2) is 9.89 Å². The summed E-state index contributed by atoms with van der Waals surface area (Å²) in [7, 11) is 3.01. The third kappa shape index (κ3) is 2.84. The number of esters is 1. The van der Waals surface area contributed by atoms with Crippen molar-refractivity contribution >= 4 is 17.7 Å². The van der Waals surface area contributed by atoms with E-state index in [9.17, 15) is 9.59 Å². The van der Waals surface area contributed by atoms with Crippen molar-refractivity contribution in [2.24, 2.45) is 12.8 Å². The van der Waals surface area contributed by atoms with E-state index in [1.54, 1.807) is 7.05 Å². The van der Waals surface area contributed by atoms with E-state index in [-0.39, 0.29) is 16.9 Å². The minimum atomic E-state index is -0.917. The van der Waals surface area contributed by atoms with Crippen molar-refractivity contribution in [1.29, 1.82) is 0 Å². The van der Waals surface area contributed by atoms with E-state index in [1.165, 1.54) is 23.4 Å². The Labute approximate surface area is 114 Å². The number of methoxy groups -OCH3 is 1. The summed E-state index contributed by atoms with van der Waals surface area (Å²) >= 11 is 1.48. The number of carbonyl (C=O) groups is 1. The summed E-state index contributed by atoms with van der Waals surface area (Å²) in [5, 5.41) is 7.12. The van der Waals surface area contributed by atoms with Crippen molar-refractivity contribution < 1.29 is 9.53 Å². The average Bonchev–Trinajstić information content (AvgIpc) is 2.70. The van der Waals surface area contributed by atoms with Gasteiger partial charge in [0.15, 0.2) is 5.16 Å². The summed E-state index contributed by atoms with van der Waals surface area (Å²) in [4.78, 5) is 23.0. The van der Waals surface area contributed by atoms with Gasteiger partial charge in [0.05, 0.1) is 7.11 Å². The fourth-order valence-electron chi connectivity index (χ4n) is 2.33. The number of H-pyrrole nitrogens is 1. The molecule has 0 aromatic carbocycles. The van der Waals surface area contributed by atoms with Crippen LogP contribution in [0.25, 0.3) is 0 Å². The third-order valence-corrected chi connectivity index (χ3v) is 4.76. The zero-order valence-electron chi connectivity index (χ0n) is 11.0. The summed E-state index contributed by atoms with van der Waals surface area (Å²) in [6.07, 6.45) is 2.98. The third-order valence-electron chi connectivity index (χ3n) is 3.44. The first-order chi connectivity index (χ1) is 8.96. The summed E-state index contributed by atoms with van der Waals surface area (Å²) in [5.74, 6) is -0.367. The maximum absolute atomic E-state index is 11.7. The van der Waals surface area contributed by atoms with Crippen molar-refractivity contribution in [3.63, 3.8) is 0 Å². The Morgan fingerprint density at radius 2 is 2.42 bits per heavy atom. The molecule has 8 heteroatoms. The number of nitrogens with two attached hydrogens (primary N) is 1. The number of nitrogens with zero attached hydrogens (tertiary/aromatic N) is 2. The normalized spacial score (nSPS) is 27.2.